The maximum absolute atomic E-state index is 5.54. The summed E-state index contributed by atoms with van der Waals surface area (Å²) in [6.45, 7) is 4.41. The number of rotatable bonds is 9. The maximum Gasteiger partial charge on any atom is 0.0447 e. The topological polar surface area (TPSA) is 0 Å². The van der Waals surface area contributed by atoms with E-state index >= 15 is 0 Å². The van der Waals surface area contributed by atoms with Crippen molar-refractivity contribution in [2.45, 2.75) is 71.1 Å². The van der Waals surface area contributed by atoms with Crippen LogP contribution in [0.3, 0.4) is 0 Å². The molecule has 19 heavy (non-hydrogen) atoms. The Bertz CT molecular complexity index is 366. The first-order valence-corrected chi connectivity index (χ1v) is 7.86. The first-order valence-electron chi connectivity index (χ1n) is 7.86. The van der Waals surface area contributed by atoms with Crippen molar-refractivity contribution >= 4 is 0 Å². The molecule has 0 amide bonds. The van der Waals surface area contributed by atoms with E-state index in [-0.39, 0.29) is 5.92 Å². The second-order valence-electron chi connectivity index (χ2n) is 5.39. The van der Waals surface area contributed by atoms with E-state index in [1.807, 2.05) is 0 Å². The third-order valence-corrected chi connectivity index (χ3v) is 3.81. The Balaban J connectivity index is 2.30. The maximum atomic E-state index is 5.54. The highest BCUT2D eigenvalue weighted by Crippen LogP contribution is 2.19. The van der Waals surface area contributed by atoms with Gasteiger partial charge in [0.15, 0.2) is 0 Å². The van der Waals surface area contributed by atoms with Gasteiger partial charge in [-0.3, -0.25) is 0 Å². The van der Waals surface area contributed by atoms with Crippen LogP contribution in [-0.2, 0) is 6.42 Å². The lowest BCUT2D eigenvalue weighted by Crippen LogP contribution is -1.94. The van der Waals surface area contributed by atoms with E-state index in [1.165, 1.54) is 56.1 Å². The predicted octanol–water partition coefficient (Wildman–Crippen LogP) is 5.72. The van der Waals surface area contributed by atoms with Gasteiger partial charge in [0.2, 0.25) is 0 Å². The summed E-state index contributed by atoms with van der Waals surface area (Å²) in [5, 5.41) is 0. The van der Waals surface area contributed by atoms with Crippen molar-refractivity contribution in [3.05, 3.63) is 35.4 Å². The van der Waals surface area contributed by atoms with Gasteiger partial charge in [-0.2, -0.15) is 0 Å². The number of unbranched alkanes of at least 4 members (excludes halogenated alkanes) is 5. The molecular weight excluding hydrogens is 228 g/mol. The van der Waals surface area contributed by atoms with Crippen molar-refractivity contribution in [2.75, 3.05) is 0 Å². The fraction of sp³-hybridized carbons (Fsp3) is 0.579. The molecule has 0 N–H and O–H groups in total. The van der Waals surface area contributed by atoms with Crippen LogP contribution in [0.15, 0.2) is 24.3 Å². The van der Waals surface area contributed by atoms with Gasteiger partial charge >= 0.3 is 0 Å². The van der Waals surface area contributed by atoms with Crippen LogP contribution in [0, 0.1) is 12.3 Å². The van der Waals surface area contributed by atoms with Crippen LogP contribution < -0.4 is 0 Å². The lowest BCUT2D eigenvalue weighted by atomic mass is 9.95. The highest BCUT2D eigenvalue weighted by molar-refractivity contribution is 5.29. The summed E-state index contributed by atoms with van der Waals surface area (Å²) in [7, 11) is 0. The lowest BCUT2D eigenvalue weighted by molar-refractivity contribution is 0.607. The molecule has 0 aliphatic rings. The Morgan fingerprint density at radius 3 is 2.16 bits per heavy atom. The molecule has 0 aliphatic heterocycles. The Morgan fingerprint density at radius 2 is 1.58 bits per heavy atom. The average molecular weight is 256 g/mol. The van der Waals surface area contributed by atoms with E-state index in [4.69, 9.17) is 6.42 Å². The van der Waals surface area contributed by atoms with Crippen LogP contribution in [0.2, 0.25) is 0 Å². The number of hydrogen-bond donors (Lipinski definition) is 0. The molecule has 0 bridgehead atoms. The van der Waals surface area contributed by atoms with E-state index in [0.717, 1.165) is 6.42 Å². The largest absolute Gasteiger partial charge is 0.119 e. The standard InChI is InChI=1S/C19H28/c1-4-7-8-9-10-11-12-17-13-15-19(16-14-17)18(5-2)6-3/h2,13-16,18H,4,6-12H2,1,3H3. The van der Waals surface area contributed by atoms with E-state index in [0.29, 0.717) is 0 Å². The smallest absolute Gasteiger partial charge is 0.0447 e. The second kappa shape index (κ2) is 9.68. The fourth-order valence-electron chi connectivity index (χ4n) is 2.48. The Hall–Kier alpha value is -1.22. The molecule has 0 aromatic heterocycles. The van der Waals surface area contributed by atoms with E-state index in [1.54, 1.807) is 0 Å². The highest BCUT2D eigenvalue weighted by Gasteiger charge is 2.04. The SMILES string of the molecule is C#CC(CC)c1ccc(CCCCCCCC)cc1. The summed E-state index contributed by atoms with van der Waals surface area (Å²) in [4.78, 5) is 0. The number of aryl methyl sites for hydroxylation is 1. The van der Waals surface area contributed by atoms with Crippen LogP contribution in [0.25, 0.3) is 0 Å². The highest BCUT2D eigenvalue weighted by atomic mass is 14.1. The minimum absolute atomic E-state index is 0.281. The molecule has 0 heterocycles. The summed E-state index contributed by atoms with van der Waals surface area (Å²) < 4.78 is 0. The average Bonchev–Trinajstić information content (AvgIpc) is 2.45. The summed E-state index contributed by atoms with van der Waals surface area (Å²) in [6.07, 6.45) is 16.0. The van der Waals surface area contributed by atoms with E-state index in [9.17, 15) is 0 Å². The molecule has 0 heteroatoms. The van der Waals surface area contributed by atoms with Crippen molar-refractivity contribution in [1.82, 2.24) is 0 Å². The molecule has 0 spiro atoms. The third-order valence-electron chi connectivity index (χ3n) is 3.81. The molecule has 104 valence electrons. The van der Waals surface area contributed by atoms with Crippen LogP contribution in [0.5, 0.6) is 0 Å². The molecule has 0 radical (unpaired) electrons. The minimum Gasteiger partial charge on any atom is -0.119 e. The second-order valence-corrected chi connectivity index (χ2v) is 5.39. The van der Waals surface area contributed by atoms with Gasteiger partial charge in [0.05, 0.1) is 0 Å². The number of hydrogen-bond acceptors (Lipinski definition) is 0. The number of benzene rings is 1. The molecule has 1 rings (SSSR count). The van der Waals surface area contributed by atoms with Gasteiger partial charge in [-0.1, -0.05) is 76.1 Å². The molecule has 1 unspecified atom stereocenters. The molecule has 1 aromatic rings. The molecule has 1 atom stereocenters. The van der Waals surface area contributed by atoms with Crippen molar-refractivity contribution in [1.29, 1.82) is 0 Å². The quantitative estimate of drug-likeness (QED) is 0.392. The monoisotopic (exact) mass is 256 g/mol. The van der Waals surface area contributed by atoms with Gasteiger partial charge in [0.25, 0.3) is 0 Å². The van der Waals surface area contributed by atoms with Crippen molar-refractivity contribution in [3.8, 4) is 12.3 Å². The van der Waals surface area contributed by atoms with Gasteiger partial charge in [-0.25, -0.2) is 0 Å². The molecule has 1 aromatic carbocycles. The summed E-state index contributed by atoms with van der Waals surface area (Å²) in [5.74, 6) is 3.14. The Kier molecular flexibility index (Phi) is 8.07. The van der Waals surface area contributed by atoms with Gasteiger partial charge in [-0.15, -0.1) is 6.42 Å². The van der Waals surface area contributed by atoms with Crippen LogP contribution in [-0.4, -0.2) is 0 Å². The van der Waals surface area contributed by atoms with Crippen LogP contribution in [0.4, 0.5) is 0 Å². The van der Waals surface area contributed by atoms with Gasteiger partial charge < -0.3 is 0 Å². The zero-order valence-electron chi connectivity index (χ0n) is 12.6. The van der Waals surface area contributed by atoms with E-state index in [2.05, 4.69) is 44.0 Å². The Labute approximate surface area is 119 Å². The number of terminal acetylenes is 1. The van der Waals surface area contributed by atoms with Crippen molar-refractivity contribution in [2.24, 2.45) is 0 Å². The zero-order chi connectivity index (χ0) is 13.9. The van der Waals surface area contributed by atoms with Gasteiger partial charge in [0, 0.05) is 5.92 Å². The van der Waals surface area contributed by atoms with Crippen molar-refractivity contribution in [3.63, 3.8) is 0 Å². The predicted molar refractivity (Wildman–Crippen MR) is 85.4 cm³/mol. The first kappa shape index (κ1) is 15.8. The van der Waals surface area contributed by atoms with Gasteiger partial charge in [-0.05, 0) is 30.4 Å². The van der Waals surface area contributed by atoms with Crippen LogP contribution >= 0.6 is 0 Å². The summed E-state index contributed by atoms with van der Waals surface area (Å²) in [6, 6.07) is 8.92. The summed E-state index contributed by atoms with van der Waals surface area (Å²) in [5.41, 5.74) is 2.74. The minimum atomic E-state index is 0.281. The molecule has 0 saturated heterocycles. The van der Waals surface area contributed by atoms with Crippen LogP contribution in [0.1, 0.15) is 75.8 Å². The Morgan fingerprint density at radius 1 is 0.947 bits per heavy atom. The van der Waals surface area contributed by atoms with Crippen molar-refractivity contribution < 1.29 is 0 Å². The normalized spacial score (nSPS) is 12.1. The summed E-state index contributed by atoms with van der Waals surface area (Å²) >= 11 is 0. The molecule has 0 aliphatic carbocycles. The van der Waals surface area contributed by atoms with E-state index < -0.39 is 0 Å². The molecule has 0 nitrogen and oxygen atoms in total. The zero-order valence-corrected chi connectivity index (χ0v) is 12.6. The molecule has 0 fully saturated rings. The molecule has 0 saturated carbocycles. The third kappa shape index (κ3) is 5.97. The first-order chi connectivity index (χ1) is 9.31. The van der Waals surface area contributed by atoms with Gasteiger partial charge in [0.1, 0.15) is 0 Å². The lowest BCUT2D eigenvalue weighted by Gasteiger charge is -2.09. The fourth-order valence-corrected chi connectivity index (χ4v) is 2.48. The molecular formula is C19H28.